The summed E-state index contributed by atoms with van der Waals surface area (Å²) in [6.07, 6.45) is 0. The Morgan fingerprint density at radius 1 is 1.20 bits per heavy atom. The van der Waals surface area contributed by atoms with Crippen molar-refractivity contribution in [2.75, 3.05) is 6.54 Å². The summed E-state index contributed by atoms with van der Waals surface area (Å²) < 4.78 is 26.9. The smallest absolute Gasteiger partial charge is 0.323 e. The van der Waals surface area contributed by atoms with Gasteiger partial charge in [-0.05, 0) is 39.3 Å². The number of nitrogens with zero attached hydrogens (tertiary/aromatic N) is 1. The second-order valence-electron chi connectivity index (χ2n) is 5.54. The molecule has 1 aromatic carbocycles. The van der Waals surface area contributed by atoms with Crippen molar-refractivity contribution in [3.63, 3.8) is 0 Å². The fourth-order valence-corrected chi connectivity index (χ4v) is 1.72. The lowest BCUT2D eigenvalue weighted by Gasteiger charge is -2.34. The highest BCUT2D eigenvalue weighted by atomic mass is 19.1. The van der Waals surface area contributed by atoms with Crippen LogP contribution in [-0.2, 0) is 4.79 Å². The van der Waals surface area contributed by atoms with Crippen molar-refractivity contribution in [3.8, 4) is 0 Å². The molecule has 0 saturated carbocycles. The van der Waals surface area contributed by atoms with Gasteiger partial charge in [-0.2, -0.15) is 0 Å². The Hall–Kier alpha value is -1.98. The third kappa shape index (κ3) is 3.53. The molecule has 0 bridgehead atoms. The van der Waals surface area contributed by atoms with Crippen molar-refractivity contribution in [1.29, 1.82) is 0 Å². The van der Waals surface area contributed by atoms with Gasteiger partial charge in [0.25, 0.3) is 5.91 Å². The summed E-state index contributed by atoms with van der Waals surface area (Å²) in [6.45, 7) is 5.77. The highest BCUT2D eigenvalue weighted by molar-refractivity contribution is 5.96. The number of carboxylic acid groups (broad SMARTS) is 1. The van der Waals surface area contributed by atoms with E-state index >= 15 is 0 Å². The van der Waals surface area contributed by atoms with E-state index in [1.54, 1.807) is 20.8 Å². The summed E-state index contributed by atoms with van der Waals surface area (Å²) in [5, 5.41) is 8.86. The minimum absolute atomic E-state index is 0.124. The standard InChI is InChI=1S/C14H17F2NO3/c1-8-5-9(11(16)6-10(8)15)13(20)17(7-12(18)19)14(2,3)4/h5-6H,7H2,1-4H3,(H,18,19). The van der Waals surface area contributed by atoms with Crippen molar-refractivity contribution >= 4 is 11.9 Å². The fraction of sp³-hybridized carbons (Fsp3) is 0.429. The first-order valence-electron chi connectivity index (χ1n) is 6.03. The van der Waals surface area contributed by atoms with E-state index in [0.717, 1.165) is 11.0 Å². The number of hydrogen-bond acceptors (Lipinski definition) is 2. The van der Waals surface area contributed by atoms with Crippen LogP contribution in [0.2, 0.25) is 0 Å². The van der Waals surface area contributed by atoms with Crippen molar-refractivity contribution in [2.45, 2.75) is 33.2 Å². The van der Waals surface area contributed by atoms with Crippen molar-refractivity contribution in [1.82, 2.24) is 4.90 Å². The molecule has 0 spiro atoms. The molecule has 0 radical (unpaired) electrons. The Morgan fingerprint density at radius 3 is 2.20 bits per heavy atom. The Balaban J connectivity index is 3.26. The Bertz CT molecular complexity index is 550. The zero-order valence-electron chi connectivity index (χ0n) is 11.8. The Morgan fingerprint density at radius 2 is 1.75 bits per heavy atom. The number of benzene rings is 1. The molecule has 6 heteroatoms. The van der Waals surface area contributed by atoms with E-state index in [4.69, 9.17) is 5.11 Å². The molecule has 0 heterocycles. The largest absolute Gasteiger partial charge is 0.480 e. The molecule has 110 valence electrons. The van der Waals surface area contributed by atoms with E-state index in [2.05, 4.69) is 0 Å². The second-order valence-corrected chi connectivity index (χ2v) is 5.54. The summed E-state index contributed by atoms with van der Waals surface area (Å²) in [4.78, 5) is 24.2. The first-order valence-corrected chi connectivity index (χ1v) is 6.03. The van der Waals surface area contributed by atoms with Crippen LogP contribution in [-0.4, -0.2) is 34.0 Å². The number of halogens is 2. The number of amides is 1. The molecule has 0 fully saturated rings. The van der Waals surface area contributed by atoms with Gasteiger partial charge >= 0.3 is 5.97 Å². The predicted octanol–water partition coefficient (Wildman–Crippen LogP) is 2.60. The minimum atomic E-state index is -1.20. The summed E-state index contributed by atoms with van der Waals surface area (Å²) in [7, 11) is 0. The maximum atomic E-state index is 13.7. The molecule has 0 saturated heterocycles. The van der Waals surface area contributed by atoms with Gasteiger partial charge in [0.05, 0.1) is 5.56 Å². The van der Waals surface area contributed by atoms with Crippen molar-refractivity contribution in [3.05, 3.63) is 34.9 Å². The van der Waals surface area contributed by atoms with E-state index in [-0.39, 0.29) is 11.1 Å². The molecular formula is C14H17F2NO3. The van der Waals surface area contributed by atoms with Crippen LogP contribution in [0.4, 0.5) is 8.78 Å². The van der Waals surface area contributed by atoms with Crippen LogP contribution in [0.3, 0.4) is 0 Å². The van der Waals surface area contributed by atoms with Gasteiger partial charge in [-0.1, -0.05) is 0 Å². The van der Waals surface area contributed by atoms with E-state index in [9.17, 15) is 18.4 Å². The lowest BCUT2D eigenvalue weighted by Crippen LogP contribution is -2.48. The van der Waals surface area contributed by atoms with E-state index in [1.165, 1.54) is 6.92 Å². The average molecular weight is 285 g/mol. The van der Waals surface area contributed by atoms with Gasteiger partial charge in [-0.15, -0.1) is 0 Å². The van der Waals surface area contributed by atoms with E-state index < -0.39 is 35.6 Å². The molecule has 0 aliphatic heterocycles. The molecule has 1 aromatic rings. The molecular weight excluding hydrogens is 268 g/mol. The monoisotopic (exact) mass is 285 g/mol. The third-order valence-electron chi connectivity index (χ3n) is 2.83. The van der Waals surface area contributed by atoms with E-state index in [1.807, 2.05) is 0 Å². The molecule has 20 heavy (non-hydrogen) atoms. The van der Waals surface area contributed by atoms with Gasteiger partial charge in [-0.3, -0.25) is 9.59 Å². The second kappa shape index (κ2) is 5.56. The number of aryl methyl sites for hydroxylation is 1. The molecule has 0 aliphatic rings. The molecule has 4 nitrogen and oxygen atoms in total. The molecule has 0 aliphatic carbocycles. The van der Waals surface area contributed by atoms with Crippen LogP contribution >= 0.6 is 0 Å². The van der Waals surface area contributed by atoms with Gasteiger partial charge in [0.2, 0.25) is 0 Å². The van der Waals surface area contributed by atoms with Crippen molar-refractivity contribution < 1.29 is 23.5 Å². The van der Waals surface area contributed by atoms with Gasteiger partial charge in [0, 0.05) is 11.6 Å². The highest BCUT2D eigenvalue weighted by Crippen LogP contribution is 2.21. The number of carbonyl (C=O) groups excluding carboxylic acids is 1. The summed E-state index contributed by atoms with van der Waals surface area (Å²) in [5.41, 5.74) is -1.01. The topological polar surface area (TPSA) is 57.6 Å². The van der Waals surface area contributed by atoms with Crippen LogP contribution in [0.15, 0.2) is 12.1 Å². The molecule has 0 aromatic heterocycles. The maximum absolute atomic E-state index is 13.7. The first-order chi connectivity index (χ1) is 9.04. The maximum Gasteiger partial charge on any atom is 0.323 e. The molecule has 0 atom stereocenters. The van der Waals surface area contributed by atoms with Crippen LogP contribution < -0.4 is 0 Å². The van der Waals surface area contributed by atoms with Crippen molar-refractivity contribution in [2.24, 2.45) is 0 Å². The lowest BCUT2D eigenvalue weighted by molar-refractivity contribution is -0.138. The van der Waals surface area contributed by atoms with E-state index in [0.29, 0.717) is 6.07 Å². The Labute approximate surface area is 116 Å². The lowest BCUT2D eigenvalue weighted by atomic mass is 10.0. The number of hydrogen-bond donors (Lipinski definition) is 1. The normalized spacial score (nSPS) is 11.3. The van der Waals surface area contributed by atoms with Gasteiger partial charge in [0.15, 0.2) is 0 Å². The molecule has 1 rings (SSSR count). The predicted molar refractivity (Wildman–Crippen MR) is 69.5 cm³/mol. The summed E-state index contributed by atoms with van der Waals surface area (Å²) in [6, 6.07) is 1.72. The zero-order chi connectivity index (χ0) is 15.7. The SMILES string of the molecule is Cc1cc(C(=O)N(CC(=O)O)C(C)(C)C)c(F)cc1F. The zero-order valence-corrected chi connectivity index (χ0v) is 11.8. The number of rotatable bonds is 3. The average Bonchev–Trinajstić information content (AvgIpc) is 2.28. The fourth-order valence-electron chi connectivity index (χ4n) is 1.72. The summed E-state index contributed by atoms with van der Waals surface area (Å²) in [5.74, 6) is -3.73. The van der Waals surface area contributed by atoms with Crippen LogP contribution in [0.25, 0.3) is 0 Å². The van der Waals surface area contributed by atoms with Gasteiger partial charge < -0.3 is 10.0 Å². The van der Waals surface area contributed by atoms with Gasteiger partial charge in [0.1, 0.15) is 18.2 Å². The first kappa shape index (κ1) is 16.1. The highest BCUT2D eigenvalue weighted by Gasteiger charge is 2.31. The van der Waals surface area contributed by atoms with Crippen LogP contribution in [0, 0.1) is 18.6 Å². The number of carbonyl (C=O) groups is 2. The van der Waals surface area contributed by atoms with Gasteiger partial charge in [-0.25, -0.2) is 8.78 Å². The molecule has 1 N–H and O–H groups in total. The summed E-state index contributed by atoms with van der Waals surface area (Å²) >= 11 is 0. The third-order valence-corrected chi connectivity index (χ3v) is 2.83. The number of carboxylic acids is 1. The minimum Gasteiger partial charge on any atom is -0.480 e. The molecule has 1 amide bonds. The quantitative estimate of drug-likeness (QED) is 0.928. The Kier molecular flexibility index (Phi) is 4.47. The molecule has 0 unspecified atom stereocenters. The van der Waals surface area contributed by atoms with Crippen LogP contribution in [0.1, 0.15) is 36.7 Å². The number of aliphatic carboxylic acids is 1. The van der Waals surface area contributed by atoms with Crippen LogP contribution in [0.5, 0.6) is 0 Å².